The van der Waals surface area contributed by atoms with Crippen molar-refractivity contribution in [3.63, 3.8) is 0 Å². The number of Topliss-reactive ketones (excluding diaryl/α,β-unsaturated/α-hetero) is 1. The third-order valence-corrected chi connectivity index (χ3v) is 14.4. The molecule has 62 heavy (non-hydrogen) atoms. The molecule has 2 atom stereocenters. The number of para-hydroxylation sites is 1. The zero-order chi connectivity index (χ0) is 44.5. The molecule has 7 rings (SSSR count). The lowest BCUT2D eigenvalue weighted by Gasteiger charge is -2.38. The molecule has 0 bridgehead atoms. The zero-order valence-corrected chi connectivity index (χ0v) is 37.4. The van der Waals surface area contributed by atoms with Gasteiger partial charge in [-0.25, -0.2) is 17.8 Å². The van der Waals surface area contributed by atoms with Gasteiger partial charge in [0, 0.05) is 67.7 Å². The summed E-state index contributed by atoms with van der Waals surface area (Å²) in [6.07, 6.45) is 4.42. The molecule has 0 aliphatic carbocycles. The van der Waals surface area contributed by atoms with Gasteiger partial charge in [-0.2, -0.15) is 4.98 Å². The van der Waals surface area contributed by atoms with E-state index in [1.807, 2.05) is 46.0 Å². The number of aryl methyl sites for hydroxylation is 1. The molecule has 3 N–H and O–H groups in total. The number of rotatable bonds is 15. The smallest absolute Gasteiger partial charge is 0.254 e. The van der Waals surface area contributed by atoms with Crippen LogP contribution in [0.1, 0.15) is 80.4 Å². The maximum atomic E-state index is 15.6. The number of ketones is 1. The Balaban J connectivity index is 1.00. The minimum atomic E-state index is -3.59. The average Bonchev–Trinajstić information content (AvgIpc) is 3.56. The molecule has 2 saturated heterocycles. The molecule has 330 valence electrons. The van der Waals surface area contributed by atoms with Gasteiger partial charge in [0.1, 0.15) is 16.6 Å². The highest BCUT2D eigenvalue weighted by atomic mass is 35.5. The number of ether oxygens (including phenoxy) is 1. The second kappa shape index (κ2) is 18.7. The minimum Gasteiger partial charge on any atom is -0.489 e. The van der Waals surface area contributed by atoms with Gasteiger partial charge in [-0.1, -0.05) is 23.7 Å². The van der Waals surface area contributed by atoms with Gasteiger partial charge in [0.05, 0.1) is 39.9 Å². The number of nitrogens with zero attached hydrogens (tertiary/aromatic N) is 5. The molecule has 3 aliphatic heterocycles. The molecule has 4 heterocycles. The van der Waals surface area contributed by atoms with Crippen LogP contribution >= 0.6 is 11.6 Å². The van der Waals surface area contributed by atoms with Gasteiger partial charge in [0.2, 0.25) is 11.7 Å². The van der Waals surface area contributed by atoms with E-state index in [4.69, 9.17) is 16.3 Å². The van der Waals surface area contributed by atoms with Crippen molar-refractivity contribution >= 4 is 68.2 Å². The second-order valence-corrected chi connectivity index (χ2v) is 19.8. The third-order valence-electron chi connectivity index (χ3n) is 12.0. The topological polar surface area (TPSA) is 166 Å². The maximum Gasteiger partial charge on any atom is 0.254 e. The number of carbonyl (C=O) groups excluding carboxylic acids is 3. The van der Waals surface area contributed by atoms with E-state index in [0.29, 0.717) is 67.0 Å². The van der Waals surface area contributed by atoms with Crippen LogP contribution in [0.5, 0.6) is 5.75 Å². The molecule has 0 radical (unpaired) electrons. The predicted octanol–water partition coefficient (Wildman–Crippen LogP) is 6.98. The number of anilines is 5. The van der Waals surface area contributed by atoms with Crippen molar-refractivity contribution in [1.29, 1.82) is 0 Å². The lowest BCUT2D eigenvalue weighted by Crippen LogP contribution is -2.52. The fourth-order valence-corrected chi connectivity index (χ4v) is 9.85. The number of piperidine rings is 2. The van der Waals surface area contributed by atoms with Crippen molar-refractivity contribution in [2.24, 2.45) is 0 Å². The molecule has 0 spiro atoms. The van der Waals surface area contributed by atoms with Crippen molar-refractivity contribution in [1.82, 2.24) is 25.1 Å². The largest absolute Gasteiger partial charge is 0.489 e. The molecule has 14 nitrogen and oxygen atoms in total. The van der Waals surface area contributed by atoms with Gasteiger partial charge < -0.3 is 30.5 Å². The maximum absolute atomic E-state index is 15.6. The van der Waals surface area contributed by atoms with Crippen LogP contribution in [0, 0.1) is 12.7 Å². The summed E-state index contributed by atoms with van der Waals surface area (Å²) in [6, 6.07) is 13.4. The van der Waals surface area contributed by atoms with Gasteiger partial charge in [-0.3, -0.25) is 19.3 Å². The number of benzene rings is 3. The van der Waals surface area contributed by atoms with Crippen molar-refractivity contribution in [2.45, 2.75) is 108 Å². The highest BCUT2D eigenvalue weighted by molar-refractivity contribution is 7.92. The van der Waals surface area contributed by atoms with E-state index in [1.165, 1.54) is 12.3 Å². The van der Waals surface area contributed by atoms with Gasteiger partial charge in [-0.05, 0) is 109 Å². The Kier molecular flexibility index (Phi) is 13.5. The molecule has 2 unspecified atom stereocenters. The first-order valence-electron chi connectivity index (χ1n) is 21.0. The SMILES string of the molecule is Cc1cc(Nc2ncc(Cl)c(Nc3ccccc3S(=O)(=O)C(C)C)n2)c(OC(C)C)cc1N1CCC(N(C)Cc2cc3c(cc2F)C(=O)N(C2CCC(C(=O)C=O)NC2)C3)CC1. The Hall–Kier alpha value is -5.16. The Morgan fingerprint density at radius 1 is 1.06 bits per heavy atom. The summed E-state index contributed by atoms with van der Waals surface area (Å²) in [5, 5.41) is 9.08. The first-order chi connectivity index (χ1) is 29.5. The van der Waals surface area contributed by atoms with E-state index in [0.717, 1.165) is 42.7 Å². The summed E-state index contributed by atoms with van der Waals surface area (Å²) in [5.74, 6) is -0.00319. The molecule has 1 amide bonds. The number of amides is 1. The summed E-state index contributed by atoms with van der Waals surface area (Å²) in [5.41, 5.74) is 4.79. The Labute approximate surface area is 367 Å². The summed E-state index contributed by atoms with van der Waals surface area (Å²) in [7, 11) is -1.58. The summed E-state index contributed by atoms with van der Waals surface area (Å²) < 4.78 is 48.1. The molecular formula is C45H54ClFN8O6S. The molecule has 1 aromatic heterocycles. The van der Waals surface area contributed by atoms with Crippen molar-refractivity contribution in [3.8, 4) is 5.75 Å². The molecular weight excluding hydrogens is 835 g/mol. The van der Waals surface area contributed by atoms with Crippen LogP contribution in [-0.4, -0.2) is 102 Å². The number of fused-ring (bicyclic) bond motifs is 1. The van der Waals surface area contributed by atoms with Crippen molar-refractivity contribution < 1.29 is 31.9 Å². The summed E-state index contributed by atoms with van der Waals surface area (Å²) >= 11 is 6.51. The number of halogens is 2. The molecule has 3 aliphatic rings. The van der Waals surface area contributed by atoms with Gasteiger partial charge in [-0.15, -0.1) is 0 Å². The Bertz CT molecular complexity index is 2450. The number of hydrogen-bond acceptors (Lipinski definition) is 13. The van der Waals surface area contributed by atoms with Gasteiger partial charge in [0.25, 0.3) is 5.91 Å². The highest BCUT2D eigenvalue weighted by Gasteiger charge is 2.37. The van der Waals surface area contributed by atoms with Crippen LogP contribution in [0.15, 0.2) is 59.6 Å². The second-order valence-electron chi connectivity index (χ2n) is 16.9. The number of aldehydes is 1. The molecule has 17 heteroatoms. The monoisotopic (exact) mass is 888 g/mol. The number of nitrogens with one attached hydrogen (secondary N) is 3. The lowest BCUT2D eigenvalue weighted by molar-refractivity contribution is -0.131. The van der Waals surface area contributed by atoms with E-state index >= 15 is 4.39 Å². The summed E-state index contributed by atoms with van der Waals surface area (Å²) in [4.78, 5) is 51.5. The van der Waals surface area contributed by atoms with Gasteiger partial charge >= 0.3 is 0 Å². The predicted molar refractivity (Wildman–Crippen MR) is 238 cm³/mol. The van der Waals surface area contributed by atoms with Crippen LogP contribution in [-0.2, 0) is 32.5 Å². The zero-order valence-electron chi connectivity index (χ0n) is 35.9. The Morgan fingerprint density at radius 2 is 1.81 bits per heavy atom. The van der Waals surface area contributed by atoms with Crippen LogP contribution < -0.4 is 25.6 Å². The minimum absolute atomic E-state index is 0.132. The standard InChI is InChI=1S/C45H54ClFN8O6S/c1-26(2)61-41-20-39(28(5)17-38(41)51-45-49-22-34(46)43(52-45)50-37-9-7-8-10-42(37)62(59,60)27(3)4)54-15-13-31(14-16-54)53(6)23-30-18-29-24-55(44(58)33(29)19-35(30)47)32-11-12-36(48-21-32)40(57)25-56/h7-10,17-20,22,25-27,31-32,36,48H,11-16,21,23-24H2,1-6H3,(H2,49,50,51,52). The van der Waals surface area contributed by atoms with E-state index in [2.05, 4.69) is 35.7 Å². The third kappa shape index (κ3) is 9.58. The van der Waals surface area contributed by atoms with E-state index in [-0.39, 0.29) is 45.8 Å². The Morgan fingerprint density at radius 3 is 2.48 bits per heavy atom. The quantitative estimate of drug-likeness (QED) is 0.0828. The normalized spacial score (nSPS) is 18.4. The number of hydrogen-bond donors (Lipinski definition) is 3. The van der Waals surface area contributed by atoms with Crippen LogP contribution in [0.2, 0.25) is 5.02 Å². The fourth-order valence-electron chi connectivity index (χ4n) is 8.51. The van der Waals surface area contributed by atoms with Crippen LogP contribution in [0.3, 0.4) is 0 Å². The van der Waals surface area contributed by atoms with E-state index in [1.54, 1.807) is 43.0 Å². The van der Waals surface area contributed by atoms with Crippen LogP contribution in [0.25, 0.3) is 0 Å². The first-order valence-corrected chi connectivity index (χ1v) is 23.0. The van der Waals surface area contributed by atoms with Crippen molar-refractivity contribution in [3.05, 3.63) is 87.8 Å². The molecule has 4 aromatic rings. The number of aromatic nitrogens is 2. The number of carbonyl (C=O) groups is 3. The highest BCUT2D eigenvalue weighted by Crippen LogP contribution is 2.38. The lowest BCUT2D eigenvalue weighted by atomic mass is 9.97. The van der Waals surface area contributed by atoms with E-state index < -0.39 is 32.7 Å². The van der Waals surface area contributed by atoms with Crippen LogP contribution in [0.4, 0.5) is 33.2 Å². The van der Waals surface area contributed by atoms with Crippen molar-refractivity contribution in [2.75, 3.05) is 42.2 Å². The molecule has 3 aromatic carbocycles. The number of sulfone groups is 1. The van der Waals surface area contributed by atoms with E-state index in [9.17, 15) is 22.8 Å². The molecule has 0 saturated carbocycles. The first kappa shape index (κ1) is 44.9. The fraction of sp³-hybridized carbons (Fsp3) is 0.444. The van der Waals surface area contributed by atoms with Gasteiger partial charge in [0.15, 0.2) is 21.9 Å². The molecule has 2 fully saturated rings. The average molecular weight is 889 g/mol. The summed E-state index contributed by atoms with van der Waals surface area (Å²) in [6.45, 7) is 12.0.